The molecule has 1 aromatic rings. The zero-order valence-corrected chi connectivity index (χ0v) is 9.27. The quantitative estimate of drug-likeness (QED) is 0.611. The average Bonchev–Trinajstić information content (AvgIpc) is 2.28. The minimum atomic E-state index is -2.86. The predicted molar refractivity (Wildman–Crippen MR) is 60.7 cm³/mol. The Morgan fingerprint density at radius 2 is 2.18 bits per heavy atom. The van der Waals surface area contributed by atoms with Gasteiger partial charge in [0.1, 0.15) is 5.75 Å². The molecule has 17 heavy (non-hydrogen) atoms. The van der Waals surface area contributed by atoms with Crippen molar-refractivity contribution < 1.29 is 18.6 Å². The summed E-state index contributed by atoms with van der Waals surface area (Å²) in [4.78, 5) is 0. The molecule has 1 rings (SSSR count). The Labute approximate surface area is 99.2 Å². The number of terminal acetylenes is 1. The van der Waals surface area contributed by atoms with E-state index in [2.05, 4.69) is 10.7 Å². The van der Waals surface area contributed by atoms with Gasteiger partial charge in [0.05, 0.1) is 6.10 Å². The Hall–Kier alpha value is -1.60. The fourth-order valence-corrected chi connectivity index (χ4v) is 1.46. The molecular weight excluding hydrogens is 226 g/mol. The first-order chi connectivity index (χ1) is 8.13. The molecule has 4 heteroatoms. The Balaban J connectivity index is 2.61. The van der Waals surface area contributed by atoms with Gasteiger partial charge >= 0.3 is 6.61 Å². The van der Waals surface area contributed by atoms with Gasteiger partial charge < -0.3 is 9.84 Å². The minimum absolute atomic E-state index is 0.0495. The SMILES string of the molecule is C#CCCCC(O)c1cccc(OC(F)F)c1. The van der Waals surface area contributed by atoms with Gasteiger partial charge in [0, 0.05) is 6.42 Å². The van der Waals surface area contributed by atoms with E-state index in [1.165, 1.54) is 12.1 Å². The van der Waals surface area contributed by atoms with Crippen molar-refractivity contribution in [3.63, 3.8) is 0 Å². The van der Waals surface area contributed by atoms with Crippen molar-refractivity contribution in [2.24, 2.45) is 0 Å². The van der Waals surface area contributed by atoms with Gasteiger partial charge in [-0.3, -0.25) is 0 Å². The number of rotatable bonds is 6. The van der Waals surface area contributed by atoms with Gasteiger partial charge in [-0.05, 0) is 30.5 Å². The van der Waals surface area contributed by atoms with Gasteiger partial charge in [-0.15, -0.1) is 12.3 Å². The first kappa shape index (κ1) is 13.5. The lowest BCUT2D eigenvalue weighted by atomic mass is 10.0. The number of unbranched alkanes of at least 4 members (excludes halogenated alkanes) is 1. The summed E-state index contributed by atoms with van der Waals surface area (Å²) >= 11 is 0. The summed E-state index contributed by atoms with van der Waals surface area (Å²) in [6.45, 7) is -2.86. The van der Waals surface area contributed by atoms with Crippen LogP contribution in [0.1, 0.15) is 30.9 Å². The molecule has 0 heterocycles. The van der Waals surface area contributed by atoms with E-state index in [4.69, 9.17) is 6.42 Å². The molecule has 0 saturated carbocycles. The molecule has 1 unspecified atom stereocenters. The fourth-order valence-electron chi connectivity index (χ4n) is 1.46. The molecule has 0 saturated heterocycles. The molecule has 1 aromatic carbocycles. The molecule has 0 fully saturated rings. The number of hydrogen-bond acceptors (Lipinski definition) is 2. The van der Waals surface area contributed by atoms with E-state index in [0.29, 0.717) is 24.8 Å². The molecule has 1 N–H and O–H groups in total. The van der Waals surface area contributed by atoms with Crippen LogP contribution in [0.15, 0.2) is 24.3 Å². The zero-order valence-electron chi connectivity index (χ0n) is 9.27. The van der Waals surface area contributed by atoms with Crippen molar-refractivity contribution in [2.75, 3.05) is 0 Å². The largest absolute Gasteiger partial charge is 0.435 e. The average molecular weight is 240 g/mol. The molecule has 2 nitrogen and oxygen atoms in total. The van der Waals surface area contributed by atoms with E-state index in [0.717, 1.165) is 0 Å². The van der Waals surface area contributed by atoms with Gasteiger partial charge in [0.15, 0.2) is 0 Å². The van der Waals surface area contributed by atoms with Gasteiger partial charge in [0.2, 0.25) is 0 Å². The van der Waals surface area contributed by atoms with Crippen LogP contribution in [-0.2, 0) is 0 Å². The van der Waals surface area contributed by atoms with Crippen LogP contribution in [0, 0.1) is 12.3 Å². The summed E-state index contributed by atoms with van der Waals surface area (Å²) in [6.07, 6.45) is 6.18. The first-order valence-electron chi connectivity index (χ1n) is 5.29. The van der Waals surface area contributed by atoms with Gasteiger partial charge in [-0.2, -0.15) is 8.78 Å². The number of benzene rings is 1. The second-order valence-corrected chi connectivity index (χ2v) is 3.56. The molecule has 0 aliphatic rings. The number of aliphatic hydroxyl groups is 1. The van der Waals surface area contributed by atoms with Crippen LogP contribution in [-0.4, -0.2) is 11.7 Å². The van der Waals surface area contributed by atoms with Gasteiger partial charge in [-0.25, -0.2) is 0 Å². The number of ether oxygens (including phenoxy) is 1. The number of alkyl halides is 2. The minimum Gasteiger partial charge on any atom is -0.435 e. The molecule has 0 spiro atoms. The molecule has 1 atom stereocenters. The van der Waals surface area contributed by atoms with Crippen LogP contribution in [0.25, 0.3) is 0 Å². The standard InChI is InChI=1S/C13H14F2O2/c1-2-3-4-8-12(16)10-6-5-7-11(9-10)17-13(14)15/h1,5-7,9,12-13,16H,3-4,8H2. The molecule has 0 bridgehead atoms. The maximum absolute atomic E-state index is 12.0. The second-order valence-electron chi connectivity index (χ2n) is 3.56. The van der Waals surface area contributed by atoms with E-state index in [9.17, 15) is 13.9 Å². The predicted octanol–water partition coefficient (Wildman–Crippen LogP) is 3.12. The Bertz CT molecular complexity index is 385. The highest BCUT2D eigenvalue weighted by molar-refractivity contribution is 5.29. The maximum Gasteiger partial charge on any atom is 0.387 e. The van der Waals surface area contributed by atoms with Crippen LogP contribution in [0.3, 0.4) is 0 Å². The van der Waals surface area contributed by atoms with Crippen molar-refractivity contribution in [2.45, 2.75) is 32.0 Å². The first-order valence-corrected chi connectivity index (χ1v) is 5.29. The second kappa shape index (κ2) is 6.87. The molecule has 92 valence electrons. The van der Waals surface area contributed by atoms with Crippen LogP contribution in [0.2, 0.25) is 0 Å². The lowest BCUT2D eigenvalue weighted by Crippen LogP contribution is -2.03. The van der Waals surface area contributed by atoms with E-state index in [1.54, 1.807) is 12.1 Å². The highest BCUT2D eigenvalue weighted by Crippen LogP contribution is 2.23. The van der Waals surface area contributed by atoms with Gasteiger partial charge in [-0.1, -0.05) is 12.1 Å². The normalized spacial score (nSPS) is 12.2. The summed E-state index contributed by atoms with van der Waals surface area (Å²) in [5.41, 5.74) is 0.556. The summed E-state index contributed by atoms with van der Waals surface area (Å²) in [5.74, 6) is 2.53. The lowest BCUT2D eigenvalue weighted by molar-refractivity contribution is -0.0499. The van der Waals surface area contributed by atoms with E-state index in [-0.39, 0.29) is 5.75 Å². The van der Waals surface area contributed by atoms with Crippen LogP contribution >= 0.6 is 0 Å². The zero-order chi connectivity index (χ0) is 12.7. The molecular formula is C13H14F2O2. The monoisotopic (exact) mass is 240 g/mol. The Morgan fingerprint density at radius 1 is 1.41 bits per heavy atom. The van der Waals surface area contributed by atoms with E-state index in [1.807, 2.05) is 0 Å². The Kier molecular flexibility index (Phi) is 5.44. The topological polar surface area (TPSA) is 29.5 Å². The van der Waals surface area contributed by atoms with Crippen molar-refractivity contribution in [1.29, 1.82) is 0 Å². The van der Waals surface area contributed by atoms with Crippen LogP contribution in [0.4, 0.5) is 8.78 Å². The highest BCUT2D eigenvalue weighted by Gasteiger charge is 2.10. The third kappa shape index (κ3) is 4.83. The van der Waals surface area contributed by atoms with Crippen molar-refractivity contribution in [3.8, 4) is 18.1 Å². The number of hydrogen-bond donors (Lipinski definition) is 1. The van der Waals surface area contributed by atoms with E-state index >= 15 is 0 Å². The third-order valence-corrected chi connectivity index (χ3v) is 2.27. The smallest absolute Gasteiger partial charge is 0.387 e. The van der Waals surface area contributed by atoms with Crippen molar-refractivity contribution >= 4 is 0 Å². The summed E-state index contributed by atoms with van der Waals surface area (Å²) in [5, 5.41) is 9.79. The van der Waals surface area contributed by atoms with Gasteiger partial charge in [0.25, 0.3) is 0 Å². The summed E-state index contributed by atoms with van der Waals surface area (Å²) < 4.78 is 28.2. The van der Waals surface area contributed by atoms with E-state index < -0.39 is 12.7 Å². The van der Waals surface area contributed by atoms with Crippen molar-refractivity contribution in [3.05, 3.63) is 29.8 Å². The molecule has 0 amide bonds. The summed E-state index contributed by atoms with van der Waals surface area (Å²) in [7, 11) is 0. The Morgan fingerprint density at radius 3 is 2.82 bits per heavy atom. The van der Waals surface area contributed by atoms with Crippen LogP contribution < -0.4 is 4.74 Å². The lowest BCUT2D eigenvalue weighted by Gasteiger charge is -2.12. The molecule has 0 aromatic heterocycles. The maximum atomic E-state index is 12.0. The molecule has 0 radical (unpaired) electrons. The van der Waals surface area contributed by atoms with Crippen molar-refractivity contribution in [1.82, 2.24) is 0 Å². The highest BCUT2D eigenvalue weighted by atomic mass is 19.3. The van der Waals surface area contributed by atoms with Crippen LogP contribution in [0.5, 0.6) is 5.75 Å². The fraction of sp³-hybridized carbons (Fsp3) is 0.385. The summed E-state index contributed by atoms with van der Waals surface area (Å²) in [6, 6.07) is 6.06. The molecule has 0 aliphatic carbocycles. The number of halogens is 2. The third-order valence-electron chi connectivity index (χ3n) is 2.27. The molecule has 0 aliphatic heterocycles. The number of aliphatic hydroxyl groups excluding tert-OH is 1.